The van der Waals surface area contributed by atoms with E-state index in [1.165, 1.54) is 0 Å². The van der Waals surface area contributed by atoms with Crippen LogP contribution in [0.25, 0.3) is 0 Å². The van der Waals surface area contributed by atoms with Crippen LogP contribution in [-0.4, -0.2) is 18.5 Å². The van der Waals surface area contributed by atoms with Gasteiger partial charge in [0.15, 0.2) is 6.61 Å². The maximum absolute atomic E-state index is 12.2. The predicted octanol–water partition coefficient (Wildman–Crippen LogP) is 4.32. The smallest absolute Gasteiger partial charge is 0.313 e. The van der Waals surface area contributed by atoms with Crippen molar-refractivity contribution in [1.29, 1.82) is 0 Å². The molecule has 0 heterocycles. The van der Waals surface area contributed by atoms with E-state index in [0.29, 0.717) is 17.1 Å². The number of amides is 1. The fourth-order valence-electron chi connectivity index (χ4n) is 2.41. The van der Waals surface area contributed by atoms with Crippen molar-refractivity contribution >= 4 is 29.2 Å². The second-order valence-corrected chi connectivity index (χ2v) is 5.92. The predicted molar refractivity (Wildman–Crippen MR) is 95.3 cm³/mol. The molecular formula is C19H20ClNO3. The molecule has 0 aliphatic heterocycles. The van der Waals surface area contributed by atoms with Crippen LogP contribution >= 0.6 is 11.6 Å². The molecule has 2 aromatic rings. The summed E-state index contributed by atoms with van der Waals surface area (Å²) in [6, 6.07) is 14.6. The molecule has 2 rings (SSSR count). The molecule has 0 saturated heterocycles. The van der Waals surface area contributed by atoms with Gasteiger partial charge in [0.05, 0.1) is 5.92 Å². The molecule has 0 aliphatic rings. The average molecular weight is 346 g/mol. The third-order valence-electron chi connectivity index (χ3n) is 3.70. The molecule has 0 bridgehead atoms. The molecule has 4 nitrogen and oxygen atoms in total. The van der Waals surface area contributed by atoms with Crippen LogP contribution in [0.15, 0.2) is 48.5 Å². The Balaban J connectivity index is 1.92. The summed E-state index contributed by atoms with van der Waals surface area (Å²) in [6.45, 7) is 3.44. The normalized spacial score (nSPS) is 11.6. The van der Waals surface area contributed by atoms with E-state index in [0.717, 1.165) is 11.1 Å². The van der Waals surface area contributed by atoms with E-state index in [2.05, 4.69) is 5.32 Å². The number of carbonyl (C=O) groups excluding carboxylic acids is 2. The number of rotatable bonds is 6. The van der Waals surface area contributed by atoms with Crippen molar-refractivity contribution in [3.05, 3.63) is 64.7 Å². The van der Waals surface area contributed by atoms with Gasteiger partial charge in [-0.3, -0.25) is 9.59 Å². The lowest BCUT2D eigenvalue weighted by molar-refractivity contribution is -0.149. The van der Waals surface area contributed by atoms with Crippen molar-refractivity contribution in [2.24, 2.45) is 0 Å². The number of nitrogens with one attached hydrogen (secondary N) is 1. The van der Waals surface area contributed by atoms with Gasteiger partial charge in [-0.2, -0.15) is 0 Å². The Morgan fingerprint density at radius 2 is 1.88 bits per heavy atom. The lowest BCUT2D eigenvalue weighted by atomic mass is 9.97. The first-order valence-corrected chi connectivity index (χ1v) is 8.16. The van der Waals surface area contributed by atoms with Crippen molar-refractivity contribution in [2.45, 2.75) is 26.2 Å². The monoisotopic (exact) mass is 345 g/mol. The quantitative estimate of drug-likeness (QED) is 0.793. The van der Waals surface area contributed by atoms with Crippen molar-refractivity contribution in [1.82, 2.24) is 0 Å². The number of esters is 1. The molecule has 0 unspecified atom stereocenters. The van der Waals surface area contributed by atoms with Gasteiger partial charge in [0.2, 0.25) is 0 Å². The second-order valence-electron chi connectivity index (χ2n) is 5.49. The zero-order valence-electron chi connectivity index (χ0n) is 13.7. The van der Waals surface area contributed by atoms with E-state index in [4.69, 9.17) is 16.3 Å². The minimum atomic E-state index is -0.397. The van der Waals surface area contributed by atoms with Crippen LogP contribution in [0.1, 0.15) is 30.4 Å². The molecule has 1 amide bonds. The van der Waals surface area contributed by atoms with Gasteiger partial charge in [-0.05, 0) is 42.7 Å². The Kier molecular flexibility index (Phi) is 6.38. The van der Waals surface area contributed by atoms with E-state index in [1.807, 2.05) is 44.2 Å². The van der Waals surface area contributed by atoms with Gasteiger partial charge in [-0.25, -0.2) is 0 Å². The highest BCUT2D eigenvalue weighted by atomic mass is 35.5. The summed E-state index contributed by atoms with van der Waals surface area (Å²) in [5, 5.41) is 3.32. The molecule has 0 spiro atoms. The molecular weight excluding hydrogens is 326 g/mol. The fraction of sp³-hybridized carbons (Fsp3) is 0.263. The highest BCUT2D eigenvalue weighted by Crippen LogP contribution is 2.21. The van der Waals surface area contributed by atoms with E-state index in [-0.39, 0.29) is 18.4 Å². The van der Waals surface area contributed by atoms with Gasteiger partial charge in [-0.1, -0.05) is 48.9 Å². The molecule has 126 valence electrons. The lowest BCUT2D eigenvalue weighted by Gasteiger charge is -2.15. The molecule has 1 atom stereocenters. The Morgan fingerprint density at radius 1 is 1.17 bits per heavy atom. The molecule has 2 aromatic carbocycles. The number of anilines is 1. The largest absolute Gasteiger partial charge is 0.455 e. The minimum absolute atomic E-state index is 0.315. The van der Waals surface area contributed by atoms with Crippen LogP contribution in [0, 0.1) is 6.92 Å². The number of hydrogen-bond acceptors (Lipinski definition) is 3. The van der Waals surface area contributed by atoms with Crippen LogP contribution in [0.2, 0.25) is 5.02 Å². The summed E-state index contributed by atoms with van der Waals surface area (Å²) in [5.41, 5.74) is 2.38. The summed E-state index contributed by atoms with van der Waals surface area (Å²) >= 11 is 5.88. The van der Waals surface area contributed by atoms with E-state index >= 15 is 0 Å². The highest BCUT2D eigenvalue weighted by Gasteiger charge is 2.21. The van der Waals surface area contributed by atoms with Crippen molar-refractivity contribution in [3.8, 4) is 0 Å². The van der Waals surface area contributed by atoms with E-state index in [1.54, 1.807) is 18.2 Å². The Labute approximate surface area is 146 Å². The van der Waals surface area contributed by atoms with Crippen LogP contribution in [0.5, 0.6) is 0 Å². The van der Waals surface area contributed by atoms with Gasteiger partial charge >= 0.3 is 5.97 Å². The Bertz CT molecular complexity index is 716. The zero-order chi connectivity index (χ0) is 17.5. The second kappa shape index (κ2) is 8.50. The van der Waals surface area contributed by atoms with Gasteiger partial charge < -0.3 is 10.1 Å². The van der Waals surface area contributed by atoms with E-state index < -0.39 is 5.97 Å². The van der Waals surface area contributed by atoms with Crippen LogP contribution < -0.4 is 5.32 Å². The molecule has 0 fully saturated rings. The van der Waals surface area contributed by atoms with Gasteiger partial charge in [0, 0.05) is 10.7 Å². The third-order valence-corrected chi connectivity index (χ3v) is 3.94. The van der Waals surface area contributed by atoms with E-state index in [9.17, 15) is 9.59 Å². The first-order chi connectivity index (χ1) is 11.5. The number of aryl methyl sites for hydroxylation is 1. The van der Waals surface area contributed by atoms with Crippen LogP contribution in [0.3, 0.4) is 0 Å². The Hall–Kier alpha value is -2.33. The molecule has 5 heteroatoms. The lowest BCUT2D eigenvalue weighted by Crippen LogP contribution is -2.24. The molecule has 0 aromatic heterocycles. The number of benzene rings is 2. The molecule has 24 heavy (non-hydrogen) atoms. The molecule has 1 N–H and O–H groups in total. The van der Waals surface area contributed by atoms with Crippen molar-refractivity contribution < 1.29 is 14.3 Å². The number of hydrogen-bond donors (Lipinski definition) is 1. The maximum Gasteiger partial charge on any atom is 0.313 e. The van der Waals surface area contributed by atoms with Crippen molar-refractivity contribution in [2.75, 3.05) is 11.9 Å². The highest BCUT2D eigenvalue weighted by molar-refractivity contribution is 6.30. The van der Waals surface area contributed by atoms with Gasteiger partial charge in [0.25, 0.3) is 5.91 Å². The minimum Gasteiger partial charge on any atom is -0.455 e. The Morgan fingerprint density at radius 3 is 2.50 bits per heavy atom. The van der Waals surface area contributed by atoms with Crippen LogP contribution in [-0.2, 0) is 14.3 Å². The first kappa shape index (κ1) is 18.0. The summed E-state index contributed by atoms with van der Waals surface area (Å²) < 4.78 is 5.17. The SMILES string of the molecule is CC[C@H](C(=O)OCC(=O)Nc1ccc(Cl)cc1C)c1ccccc1. The van der Waals surface area contributed by atoms with Gasteiger partial charge in [-0.15, -0.1) is 0 Å². The summed E-state index contributed by atoms with van der Waals surface area (Å²) in [5.74, 6) is -1.14. The standard InChI is InChI=1S/C19H20ClNO3/c1-3-16(14-7-5-4-6-8-14)19(23)24-12-18(22)21-17-10-9-15(20)11-13(17)2/h4-11,16H,3,12H2,1-2H3,(H,21,22)/t16-/m0/s1. The summed E-state index contributed by atoms with van der Waals surface area (Å²) in [6.07, 6.45) is 0.612. The first-order valence-electron chi connectivity index (χ1n) is 7.79. The maximum atomic E-state index is 12.2. The fourth-order valence-corrected chi connectivity index (χ4v) is 2.64. The third kappa shape index (κ3) is 4.83. The number of carbonyl (C=O) groups is 2. The summed E-state index contributed by atoms with van der Waals surface area (Å²) in [4.78, 5) is 24.2. The van der Waals surface area contributed by atoms with Gasteiger partial charge in [0.1, 0.15) is 0 Å². The number of halogens is 1. The van der Waals surface area contributed by atoms with Crippen LogP contribution in [0.4, 0.5) is 5.69 Å². The molecule has 0 saturated carbocycles. The van der Waals surface area contributed by atoms with Crippen molar-refractivity contribution in [3.63, 3.8) is 0 Å². The average Bonchev–Trinajstić information content (AvgIpc) is 2.57. The molecule has 0 aliphatic carbocycles. The number of ether oxygens (including phenoxy) is 1. The zero-order valence-corrected chi connectivity index (χ0v) is 14.5. The topological polar surface area (TPSA) is 55.4 Å². The summed E-state index contributed by atoms with van der Waals surface area (Å²) in [7, 11) is 0. The molecule has 0 radical (unpaired) electrons.